The van der Waals surface area contributed by atoms with Crippen LogP contribution in [-0.4, -0.2) is 69.0 Å². The zero-order chi connectivity index (χ0) is 27.4. The average Bonchev–Trinajstić information content (AvgIpc) is 3.27. The number of aromatic nitrogens is 1. The van der Waals surface area contributed by atoms with Gasteiger partial charge in [0.05, 0.1) is 4.92 Å². The predicted octanol–water partition coefficient (Wildman–Crippen LogP) is 1.76. The molecule has 0 spiro atoms. The van der Waals surface area contributed by atoms with Crippen molar-refractivity contribution < 1.29 is 33.7 Å². The maximum Gasteiger partial charge on any atom is 0.355 e. The second-order valence-corrected chi connectivity index (χ2v) is 11.0. The molecule has 0 saturated carbocycles. The zero-order valence-electron chi connectivity index (χ0n) is 19.3. The molecule has 2 aliphatic rings. The molecule has 2 aromatic rings. The van der Waals surface area contributed by atoms with Crippen molar-refractivity contribution in [1.29, 1.82) is 0 Å². The summed E-state index contributed by atoms with van der Waals surface area (Å²) in [7, 11) is 1.24. The maximum atomic E-state index is 13.0. The predicted molar refractivity (Wildman–Crippen MR) is 139 cm³/mol. The van der Waals surface area contributed by atoms with Gasteiger partial charge in [-0.3, -0.25) is 29.4 Å². The third-order valence-electron chi connectivity index (χ3n) is 5.25. The lowest BCUT2D eigenvalue weighted by Gasteiger charge is -2.48. The van der Waals surface area contributed by atoms with Crippen LogP contribution in [0.2, 0.25) is 0 Å². The van der Waals surface area contributed by atoms with E-state index in [1.54, 1.807) is 6.08 Å². The minimum absolute atomic E-state index is 0.0452. The summed E-state index contributed by atoms with van der Waals surface area (Å²) in [4.78, 5) is 69.8. The number of rotatable bonds is 10. The van der Waals surface area contributed by atoms with E-state index in [-0.39, 0.29) is 34.5 Å². The first-order chi connectivity index (χ1) is 18.2. The van der Waals surface area contributed by atoms with Crippen molar-refractivity contribution in [3.8, 4) is 0 Å². The number of nitro benzene ring substituents is 1. The van der Waals surface area contributed by atoms with Crippen LogP contribution in [0.15, 0.2) is 45.0 Å². The number of nitro groups is 1. The fourth-order valence-corrected chi connectivity index (χ4v) is 6.10. The van der Waals surface area contributed by atoms with Gasteiger partial charge in [0.25, 0.3) is 17.5 Å². The first kappa shape index (κ1) is 27.2. The number of esters is 1. The van der Waals surface area contributed by atoms with E-state index in [1.165, 1.54) is 48.0 Å². The largest absolute Gasteiger partial charge is 0.456 e. The van der Waals surface area contributed by atoms with Gasteiger partial charge in [-0.25, -0.2) is 9.78 Å². The van der Waals surface area contributed by atoms with Gasteiger partial charge in [0, 0.05) is 17.9 Å². The molecule has 1 unspecified atom stereocenters. The van der Waals surface area contributed by atoms with E-state index in [2.05, 4.69) is 36.7 Å². The molecule has 1 saturated heterocycles. The van der Waals surface area contributed by atoms with E-state index in [0.29, 0.717) is 21.5 Å². The van der Waals surface area contributed by atoms with Crippen molar-refractivity contribution >= 4 is 79.8 Å². The molecule has 0 radical (unpaired) electrons. The number of oxime groups is 1. The van der Waals surface area contributed by atoms with Crippen LogP contribution in [0.5, 0.6) is 0 Å². The third-order valence-corrected chi connectivity index (χ3v) is 8.07. The highest BCUT2D eigenvalue weighted by molar-refractivity contribution is 9.11. The molecule has 4 rings (SSSR count). The second-order valence-electron chi connectivity index (χ2n) is 7.50. The van der Waals surface area contributed by atoms with E-state index in [4.69, 9.17) is 9.57 Å². The topological polar surface area (TPSA) is 182 Å². The number of halogens is 1. The van der Waals surface area contributed by atoms with Gasteiger partial charge in [0.1, 0.15) is 40.3 Å². The Kier molecular flexibility index (Phi) is 8.38. The Hall–Kier alpha value is -3.83. The van der Waals surface area contributed by atoms with Gasteiger partial charge in [-0.15, -0.1) is 11.8 Å². The first-order valence-corrected chi connectivity index (χ1v) is 13.2. The van der Waals surface area contributed by atoms with Crippen molar-refractivity contribution in [3.63, 3.8) is 0 Å². The van der Waals surface area contributed by atoms with Crippen LogP contribution in [0.25, 0.3) is 0 Å². The summed E-state index contributed by atoms with van der Waals surface area (Å²) in [6, 6.07) is 4.58. The monoisotopic (exact) mass is 624 g/mol. The molecule has 3 heterocycles. The number of benzene rings is 1. The second kappa shape index (κ2) is 11.7. The number of amides is 3. The van der Waals surface area contributed by atoms with Gasteiger partial charge < -0.3 is 20.2 Å². The van der Waals surface area contributed by atoms with E-state index < -0.39 is 34.1 Å². The molecule has 17 heteroatoms. The zero-order valence-corrected chi connectivity index (χ0v) is 22.5. The summed E-state index contributed by atoms with van der Waals surface area (Å²) in [6.45, 7) is -0.144. The number of ether oxygens (including phenoxy) is 1. The summed E-state index contributed by atoms with van der Waals surface area (Å²) in [5.74, 6) is -1.62. The number of hydrogen-bond acceptors (Lipinski definition) is 12. The van der Waals surface area contributed by atoms with Crippen molar-refractivity contribution in [2.45, 2.75) is 18.0 Å². The molecule has 1 aromatic heterocycles. The van der Waals surface area contributed by atoms with Crippen molar-refractivity contribution in [3.05, 3.63) is 61.2 Å². The third kappa shape index (κ3) is 5.53. The Balaban J connectivity index is 1.40. The van der Waals surface area contributed by atoms with Crippen molar-refractivity contribution in [2.24, 2.45) is 5.16 Å². The Morgan fingerprint density at radius 2 is 2.11 bits per heavy atom. The minimum atomic E-state index is -0.953. The van der Waals surface area contributed by atoms with Gasteiger partial charge in [-0.1, -0.05) is 16.5 Å². The maximum absolute atomic E-state index is 13.0. The van der Waals surface area contributed by atoms with Crippen molar-refractivity contribution in [1.82, 2.24) is 15.2 Å². The number of anilines is 1. The highest BCUT2D eigenvalue weighted by Crippen LogP contribution is 2.38. The summed E-state index contributed by atoms with van der Waals surface area (Å²) in [6.07, 6.45) is 1.99. The Bertz CT molecular complexity index is 1360. The molecular formula is C21H17BrN6O8S2. The van der Waals surface area contributed by atoms with E-state index in [0.717, 1.165) is 11.3 Å². The molecule has 0 aliphatic carbocycles. The molecule has 0 bridgehead atoms. The lowest BCUT2D eigenvalue weighted by atomic mass is 10.0. The lowest BCUT2D eigenvalue weighted by Crippen LogP contribution is -2.70. The summed E-state index contributed by atoms with van der Waals surface area (Å²) >= 11 is 5.67. The smallest absolute Gasteiger partial charge is 0.355 e. The number of non-ortho nitro benzene ring substituents is 1. The van der Waals surface area contributed by atoms with Crippen LogP contribution in [0, 0.1) is 10.1 Å². The average molecular weight is 625 g/mol. The highest BCUT2D eigenvalue weighted by atomic mass is 79.9. The number of thiazole rings is 1. The van der Waals surface area contributed by atoms with Gasteiger partial charge in [-0.05, 0) is 39.7 Å². The van der Waals surface area contributed by atoms with Gasteiger partial charge in [-0.2, -0.15) is 0 Å². The summed E-state index contributed by atoms with van der Waals surface area (Å²) < 4.78 is 5.71. The number of fused-ring (bicyclic) bond motifs is 1. The molecule has 2 aliphatic heterocycles. The fourth-order valence-electron chi connectivity index (χ4n) is 3.52. The Morgan fingerprint density at radius 3 is 2.76 bits per heavy atom. The number of carbonyl (C=O) groups excluding carboxylic acids is 4. The van der Waals surface area contributed by atoms with Crippen LogP contribution in [0.3, 0.4) is 0 Å². The van der Waals surface area contributed by atoms with E-state index in [9.17, 15) is 29.3 Å². The SMILES string of the molecule is CON=C(C(=O)NC1C(=O)N2C(C(=O)OCc3ccc([N+](=O)[O-])cc3)=CCS[C@@H]12)c1nc(NC=O)sc1Br. The van der Waals surface area contributed by atoms with Crippen LogP contribution >= 0.6 is 39.0 Å². The molecule has 3 amide bonds. The number of β-lactam (4-membered cyclic amide) rings is 1. The fraction of sp³-hybridized carbons (Fsp3) is 0.238. The Morgan fingerprint density at radius 1 is 1.37 bits per heavy atom. The first-order valence-electron chi connectivity index (χ1n) is 10.6. The van der Waals surface area contributed by atoms with E-state index >= 15 is 0 Å². The standard InChI is InChI=1S/C21H17BrN6O8S2/c1-35-26-14(13-16(22)38-21(25-13)23-9-29)17(30)24-15-18(31)27-12(6-7-37-19(15)27)20(32)36-8-10-2-4-11(5-3-10)28(33)34/h2-6,9,15,19H,7-8H2,1H3,(H,24,30)(H,23,25,29)/t15?,19-/m0/s1. The molecule has 38 heavy (non-hydrogen) atoms. The number of hydrogen-bond donors (Lipinski definition) is 2. The minimum Gasteiger partial charge on any atom is -0.456 e. The molecule has 2 N–H and O–H groups in total. The molecule has 2 atom stereocenters. The molecular weight excluding hydrogens is 608 g/mol. The van der Waals surface area contributed by atoms with Crippen LogP contribution < -0.4 is 10.6 Å². The number of carbonyl (C=O) groups is 4. The van der Waals surface area contributed by atoms with Crippen LogP contribution in [-0.2, 0) is 35.4 Å². The summed E-state index contributed by atoms with van der Waals surface area (Å²) in [5.41, 5.74) is 0.377. The number of nitrogens with one attached hydrogen (secondary N) is 2. The van der Waals surface area contributed by atoms with E-state index in [1.807, 2.05) is 0 Å². The molecule has 198 valence electrons. The lowest BCUT2D eigenvalue weighted by molar-refractivity contribution is -0.384. The summed E-state index contributed by atoms with van der Waals surface area (Å²) in [5, 5.41) is 19.2. The van der Waals surface area contributed by atoms with Crippen molar-refractivity contribution in [2.75, 3.05) is 18.2 Å². The molecule has 14 nitrogen and oxygen atoms in total. The number of thioether (sulfide) groups is 1. The quantitative estimate of drug-likeness (QED) is 0.0986. The Labute approximate surface area is 230 Å². The van der Waals surface area contributed by atoms with Gasteiger partial charge in [0.2, 0.25) is 6.41 Å². The van der Waals surface area contributed by atoms with Gasteiger partial charge in [0.15, 0.2) is 10.8 Å². The number of nitrogens with zero attached hydrogens (tertiary/aromatic N) is 4. The molecule has 1 fully saturated rings. The van der Waals surface area contributed by atoms with Gasteiger partial charge >= 0.3 is 5.97 Å². The van der Waals surface area contributed by atoms with Crippen LogP contribution in [0.1, 0.15) is 11.3 Å². The molecule has 1 aromatic carbocycles. The normalized spacial score (nSPS) is 18.5. The highest BCUT2D eigenvalue weighted by Gasteiger charge is 2.53. The van der Waals surface area contributed by atoms with Crippen LogP contribution in [0.4, 0.5) is 10.8 Å².